The zero-order valence-electron chi connectivity index (χ0n) is 13.2. The number of aromatic nitrogens is 1. The molecule has 5 heteroatoms. The van der Waals surface area contributed by atoms with E-state index in [1.807, 2.05) is 49.4 Å². The van der Waals surface area contributed by atoms with Crippen molar-refractivity contribution in [1.82, 2.24) is 4.98 Å². The molecular weight excluding hydrogens is 368 g/mol. The molecule has 4 rings (SSSR count). The molecule has 0 saturated carbocycles. The van der Waals surface area contributed by atoms with E-state index >= 15 is 0 Å². The number of nitrogens with zero attached hydrogens (tertiary/aromatic N) is 1. The van der Waals surface area contributed by atoms with Gasteiger partial charge in [-0.2, -0.15) is 0 Å². The lowest BCUT2D eigenvalue weighted by Crippen LogP contribution is -2.41. The predicted octanol–water partition coefficient (Wildman–Crippen LogP) is 3.92. The number of benzene rings is 2. The van der Waals surface area contributed by atoms with Crippen LogP contribution >= 0.6 is 15.9 Å². The average Bonchev–Trinajstić information content (AvgIpc) is 3.10. The molecule has 4 nitrogen and oxygen atoms in total. The highest BCUT2D eigenvalue weighted by molar-refractivity contribution is 9.10. The van der Waals surface area contributed by atoms with Crippen molar-refractivity contribution in [2.75, 3.05) is 11.4 Å². The fourth-order valence-electron chi connectivity index (χ4n) is 3.53. The van der Waals surface area contributed by atoms with Crippen LogP contribution in [0.5, 0.6) is 0 Å². The van der Waals surface area contributed by atoms with Crippen molar-refractivity contribution >= 4 is 38.4 Å². The summed E-state index contributed by atoms with van der Waals surface area (Å²) < 4.78 is 0.839. The van der Waals surface area contributed by atoms with Gasteiger partial charge in [0, 0.05) is 39.2 Å². The zero-order chi connectivity index (χ0) is 16.9. The van der Waals surface area contributed by atoms with Crippen molar-refractivity contribution in [3.63, 3.8) is 0 Å². The van der Waals surface area contributed by atoms with E-state index < -0.39 is 5.60 Å². The van der Waals surface area contributed by atoms with Crippen molar-refractivity contribution in [3.8, 4) is 0 Å². The van der Waals surface area contributed by atoms with E-state index in [4.69, 9.17) is 0 Å². The Morgan fingerprint density at radius 2 is 2.00 bits per heavy atom. The minimum Gasteiger partial charge on any atom is -0.372 e. The highest BCUT2D eigenvalue weighted by atomic mass is 79.9. The minimum atomic E-state index is -1.67. The van der Waals surface area contributed by atoms with Gasteiger partial charge in [-0.3, -0.25) is 4.79 Å². The molecule has 1 aromatic heterocycles. The Bertz CT molecular complexity index is 949. The number of anilines is 1. The van der Waals surface area contributed by atoms with Crippen molar-refractivity contribution in [3.05, 3.63) is 64.3 Å². The quantitative estimate of drug-likeness (QED) is 0.718. The number of aromatic amines is 1. The molecule has 0 bridgehead atoms. The number of nitrogens with one attached hydrogen (secondary N) is 1. The van der Waals surface area contributed by atoms with Crippen LogP contribution in [-0.4, -0.2) is 22.5 Å². The van der Waals surface area contributed by atoms with E-state index in [-0.39, 0.29) is 5.91 Å². The van der Waals surface area contributed by atoms with Gasteiger partial charge in [0.1, 0.15) is 0 Å². The molecule has 3 aromatic rings. The number of hydrogen-bond donors (Lipinski definition) is 2. The molecule has 1 aliphatic heterocycles. The maximum absolute atomic E-state index is 13.2. The number of H-pyrrole nitrogens is 1. The van der Waals surface area contributed by atoms with Crippen LogP contribution in [0.15, 0.2) is 53.1 Å². The Morgan fingerprint density at radius 1 is 1.21 bits per heavy atom. The van der Waals surface area contributed by atoms with Crippen molar-refractivity contribution < 1.29 is 9.90 Å². The first-order valence-corrected chi connectivity index (χ1v) is 8.77. The fourth-order valence-corrected chi connectivity index (χ4v) is 3.89. The Kier molecular flexibility index (Phi) is 3.51. The highest BCUT2D eigenvalue weighted by Gasteiger charge is 2.51. The van der Waals surface area contributed by atoms with Gasteiger partial charge in [-0.05, 0) is 30.7 Å². The first-order chi connectivity index (χ1) is 11.6. The van der Waals surface area contributed by atoms with Crippen LogP contribution in [-0.2, 0) is 10.4 Å². The Hall–Kier alpha value is -2.11. The van der Waals surface area contributed by atoms with E-state index in [1.54, 1.807) is 11.1 Å². The zero-order valence-corrected chi connectivity index (χ0v) is 14.8. The van der Waals surface area contributed by atoms with Gasteiger partial charge in [0.25, 0.3) is 5.91 Å². The molecule has 0 aliphatic carbocycles. The summed E-state index contributed by atoms with van der Waals surface area (Å²) in [5.74, 6) is -0.290. The molecular formula is C19H17BrN2O2. The van der Waals surface area contributed by atoms with Crippen molar-refractivity contribution in [1.29, 1.82) is 0 Å². The molecule has 1 atom stereocenters. The molecule has 0 spiro atoms. The molecule has 24 heavy (non-hydrogen) atoms. The molecule has 0 radical (unpaired) electrons. The number of halogens is 1. The van der Waals surface area contributed by atoms with Crippen LogP contribution in [0, 0.1) is 0 Å². The van der Waals surface area contributed by atoms with E-state index in [9.17, 15) is 9.90 Å². The normalized spacial score (nSPS) is 20.0. The lowest BCUT2D eigenvalue weighted by molar-refractivity contribution is -0.132. The van der Waals surface area contributed by atoms with Crippen LogP contribution < -0.4 is 4.90 Å². The third-order valence-corrected chi connectivity index (χ3v) is 5.11. The molecule has 0 fully saturated rings. The van der Waals surface area contributed by atoms with Gasteiger partial charge in [-0.25, -0.2) is 0 Å². The lowest BCUT2D eigenvalue weighted by Gasteiger charge is -2.23. The van der Waals surface area contributed by atoms with Gasteiger partial charge in [-0.1, -0.05) is 41.1 Å². The second kappa shape index (κ2) is 5.46. The minimum absolute atomic E-state index is 0.290. The Morgan fingerprint density at radius 3 is 2.79 bits per heavy atom. The summed E-state index contributed by atoms with van der Waals surface area (Å²) in [4.78, 5) is 18.0. The number of para-hydroxylation sites is 1. The molecule has 0 saturated heterocycles. The van der Waals surface area contributed by atoms with Gasteiger partial charge >= 0.3 is 0 Å². The third-order valence-electron chi connectivity index (χ3n) is 4.62. The average molecular weight is 385 g/mol. The van der Waals surface area contributed by atoms with Crippen LogP contribution in [0.1, 0.15) is 24.5 Å². The topological polar surface area (TPSA) is 56.3 Å². The first-order valence-electron chi connectivity index (χ1n) is 7.98. The number of rotatable bonds is 3. The van der Waals surface area contributed by atoms with E-state index in [1.165, 1.54) is 0 Å². The SMILES string of the molecule is CCCN1C(=O)C(O)(c2c[nH]c3ccccc23)c2cc(Br)ccc21. The largest absolute Gasteiger partial charge is 0.372 e. The molecule has 2 heterocycles. The molecule has 1 amide bonds. The summed E-state index contributed by atoms with van der Waals surface area (Å²) in [5, 5.41) is 12.4. The summed E-state index contributed by atoms with van der Waals surface area (Å²) in [5.41, 5.74) is 1.23. The maximum Gasteiger partial charge on any atom is 0.268 e. The molecule has 1 unspecified atom stereocenters. The van der Waals surface area contributed by atoms with Crippen molar-refractivity contribution in [2.24, 2.45) is 0 Å². The van der Waals surface area contributed by atoms with Gasteiger partial charge in [0.15, 0.2) is 5.60 Å². The van der Waals surface area contributed by atoms with E-state index in [0.717, 1.165) is 27.5 Å². The summed E-state index contributed by atoms with van der Waals surface area (Å²) in [6, 6.07) is 13.3. The summed E-state index contributed by atoms with van der Waals surface area (Å²) in [6.45, 7) is 2.60. The summed E-state index contributed by atoms with van der Waals surface area (Å²) in [6.07, 6.45) is 2.56. The number of carbonyl (C=O) groups is 1. The fraction of sp³-hybridized carbons (Fsp3) is 0.211. The maximum atomic E-state index is 13.2. The van der Waals surface area contributed by atoms with Crippen LogP contribution in [0.4, 0.5) is 5.69 Å². The van der Waals surface area contributed by atoms with Gasteiger partial charge < -0.3 is 15.0 Å². The van der Waals surface area contributed by atoms with Crippen LogP contribution in [0.3, 0.4) is 0 Å². The molecule has 2 N–H and O–H groups in total. The smallest absolute Gasteiger partial charge is 0.268 e. The number of amides is 1. The standard InChI is InChI=1S/C19H17BrN2O2/c1-2-9-22-17-8-7-12(20)10-14(17)19(24,18(22)23)15-11-21-16-6-4-3-5-13(15)16/h3-8,10-11,21,24H,2,9H2,1H3. The number of hydrogen-bond acceptors (Lipinski definition) is 2. The number of fused-ring (bicyclic) bond motifs is 2. The second-order valence-electron chi connectivity index (χ2n) is 6.08. The predicted molar refractivity (Wildman–Crippen MR) is 98.1 cm³/mol. The third kappa shape index (κ3) is 1.98. The monoisotopic (exact) mass is 384 g/mol. The Balaban J connectivity index is 2.00. The highest BCUT2D eigenvalue weighted by Crippen LogP contribution is 2.47. The number of carbonyl (C=O) groups excluding carboxylic acids is 1. The van der Waals surface area contributed by atoms with Gasteiger partial charge in [0.2, 0.25) is 0 Å². The summed E-state index contributed by atoms with van der Waals surface area (Å²) >= 11 is 3.46. The Labute approximate surface area is 148 Å². The molecule has 2 aromatic carbocycles. The van der Waals surface area contributed by atoms with Crippen molar-refractivity contribution in [2.45, 2.75) is 18.9 Å². The second-order valence-corrected chi connectivity index (χ2v) is 6.99. The lowest BCUT2D eigenvalue weighted by atomic mass is 9.87. The van der Waals surface area contributed by atoms with E-state index in [0.29, 0.717) is 17.7 Å². The molecule has 1 aliphatic rings. The van der Waals surface area contributed by atoms with Gasteiger partial charge in [0.05, 0.1) is 5.69 Å². The molecule has 122 valence electrons. The summed E-state index contributed by atoms with van der Waals surface area (Å²) in [7, 11) is 0. The van der Waals surface area contributed by atoms with E-state index in [2.05, 4.69) is 20.9 Å². The van der Waals surface area contributed by atoms with Gasteiger partial charge in [-0.15, -0.1) is 0 Å². The number of aliphatic hydroxyl groups is 1. The van der Waals surface area contributed by atoms with Crippen LogP contribution in [0.25, 0.3) is 10.9 Å². The van der Waals surface area contributed by atoms with Crippen LogP contribution in [0.2, 0.25) is 0 Å². The first kappa shape index (κ1) is 15.4.